The smallest absolute Gasteiger partial charge is 0.305 e. The van der Waals surface area contributed by atoms with Crippen molar-refractivity contribution < 1.29 is 33.2 Å². The lowest BCUT2D eigenvalue weighted by molar-refractivity contribution is -0.247. The van der Waals surface area contributed by atoms with E-state index in [1.807, 2.05) is 91.0 Å². The van der Waals surface area contributed by atoms with Crippen molar-refractivity contribution in [2.75, 3.05) is 0 Å². The zero-order chi connectivity index (χ0) is 29.5. The normalized spacial score (nSPS) is 27.9. The SMILES string of the molecule is CCC(=O)O[C@H]1[C@@H](OCc2ccccc2)[C@H](OCc2ccccc2)[C@@H]2OC3(CCCCC3)O[C@@H]2[C@H]1OCc1ccccc1. The van der Waals surface area contributed by atoms with Gasteiger partial charge >= 0.3 is 5.97 Å². The van der Waals surface area contributed by atoms with E-state index in [0.29, 0.717) is 19.8 Å². The third-order valence-electron chi connectivity index (χ3n) is 8.67. The Hall–Kier alpha value is -3.07. The Bertz CT molecular complexity index is 1280. The second kappa shape index (κ2) is 14.1. The number of ether oxygens (including phenoxy) is 6. The van der Waals surface area contributed by atoms with Gasteiger partial charge in [-0.25, -0.2) is 0 Å². The first-order chi connectivity index (χ1) is 21.1. The molecule has 3 aliphatic rings. The minimum atomic E-state index is -0.760. The number of benzene rings is 3. The van der Waals surface area contributed by atoms with Gasteiger partial charge in [0.15, 0.2) is 11.9 Å². The maximum absolute atomic E-state index is 12.9. The Balaban J connectivity index is 1.36. The second-order valence-corrected chi connectivity index (χ2v) is 11.7. The minimum absolute atomic E-state index is 0.234. The molecule has 0 bridgehead atoms. The topological polar surface area (TPSA) is 72.5 Å². The summed E-state index contributed by atoms with van der Waals surface area (Å²) in [5, 5.41) is 0. The first kappa shape index (κ1) is 30.0. The van der Waals surface area contributed by atoms with Gasteiger partial charge in [0.05, 0.1) is 19.8 Å². The zero-order valence-electron chi connectivity index (χ0n) is 24.8. The average Bonchev–Trinajstić information content (AvgIpc) is 3.42. The number of carbonyl (C=O) groups is 1. The molecule has 7 heteroatoms. The fourth-order valence-electron chi connectivity index (χ4n) is 6.48. The number of fused-ring (bicyclic) bond motifs is 1. The fourth-order valence-corrected chi connectivity index (χ4v) is 6.48. The molecular formula is C36H42O7. The average molecular weight is 587 g/mol. The van der Waals surface area contributed by atoms with Crippen LogP contribution >= 0.6 is 0 Å². The van der Waals surface area contributed by atoms with E-state index in [1.54, 1.807) is 6.92 Å². The predicted octanol–water partition coefficient (Wildman–Crippen LogP) is 6.52. The van der Waals surface area contributed by atoms with Crippen molar-refractivity contribution in [3.05, 3.63) is 108 Å². The minimum Gasteiger partial charge on any atom is -0.457 e. The van der Waals surface area contributed by atoms with E-state index in [4.69, 9.17) is 28.4 Å². The molecule has 0 N–H and O–H groups in total. The highest BCUT2D eigenvalue weighted by Crippen LogP contribution is 2.47. The molecule has 2 saturated carbocycles. The predicted molar refractivity (Wildman–Crippen MR) is 161 cm³/mol. The number of esters is 1. The van der Waals surface area contributed by atoms with Crippen LogP contribution in [0.25, 0.3) is 0 Å². The van der Waals surface area contributed by atoms with Crippen molar-refractivity contribution in [1.82, 2.24) is 0 Å². The Morgan fingerprint density at radius 2 is 1.05 bits per heavy atom. The standard InChI is InChI=1S/C36H42O7/c1-2-29(37)41-33-30(38-23-26-15-7-3-8-16-26)31(39-24-27-17-9-4-10-18-27)34-35(43-36(42-34)21-13-6-14-22-36)32(33)40-25-28-19-11-5-12-20-28/h3-5,7-12,15-20,30-35H,2,6,13-14,21-25H2,1H3/t30-,31-,32-,33-,34-,35+/m0/s1. The van der Waals surface area contributed by atoms with Crippen LogP contribution in [0.3, 0.4) is 0 Å². The summed E-state index contributed by atoms with van der Waals surface area (Å²) >= 11 is 0. The summed E-state index contributed by atoms with van der Waals surface area (Å²) in [4.78, 5) is 12.9. The van der Waals surface area contributed by atoms with Gasteiger partial charge in [0, 0.05) is 19.3 Å². The number of hydrogen-bond acceptors (Lipinski definition) is 7. The van der Waals surface area contributed by atoms with Crippen LogP contribution in [0.4, 0.5) is 0 Å². The van der Waals surface area contributed by atoms with Gasteiger partial charge in [-0.05, 0) is 29.5 Å². The van der Waals surface area contributed by atoms with E-state index in [1.165, 1.54) is 0 Å². The molecule has 43 heavy (non-hydrogen) atoms. The van der Waals surface area contributed by atoms with E-state index in [9.17, 15) is 4.79 Å². The van der Waals surface area contributed by atoms with Gasteiger partial charge in [-0.2, -0.15) is 0 Å². The molecule has 1 spiro atoms. The molecule has 228 valence electrons. The molecule has 6 atom stereocenters. The van der Waals surface area contributed by atoms with Gasteiger partial charge < -0.3 is 28.4 Å². The molecule has 0 amide bonds. The Morgan fingerprint density at radius 3 is 1.49 bits per heavy atom. The van der Waals surface area contributed by atoms with E-state index >= 15 is 0 Å². The number of hydrogen-bond donors (Lipinski definition) is 0. The first-order valence-electron chi connectivity index (χ1n) is 15.7. The molecule has 1 aliphatic heterocycles. The van der Waals surface area contributed by atoms with E-state index in [-0.39, 0.29) is 12.4 Å². The summed E-state index contributed by atoms with van der Waals surface area (Å²) in [6, 6.07) is 30.1. The molecule has 0 radical (unpaired) electrons. The van der Waals surface area contributed by atoms with Crippen LogP contribution in [-0.2, 0) is 53.0 Å². The third kappa shape index (κ3) is 7.19. The lowest BCUT2D eigenvalue weighted by Gasteiger charge is -2.46. The van der Waals surface area contributed by atoms with Crippen LogP contribution in [0, 0.1) is 0 Å². The maximum Gasteiger partial charge on any atom is 0.305 e. The van der Waals surface area contributed by atoms with E-state index < -0.39 is 42.4 Å². The summed E-state index contributed by atoms with van der Waals surface area (Å²) in [6.07, 6.45) is 1.56. The Labute approximate surface area is 254 Å². The summed E-state index contributed by atoms with van der Waals surface area (Å²) in [5.74, 6) is -1.03. The second-order valence-electron chi connectivity index (χ2n) is 11.7. The lowest BCUT2D eigenvalue weighted by Crippen LogP contribution is -2.65. The van der Waals surface area contributed by atoms with Gasteiger partial charge in [-0.1, -0.05) is 104 Å². The highest BCUT2D eigenvalue weighted by atomic mass is 16.8. The third-order valence-corrected chi connectivity index (χ3v) is 8.67. The van der Waals surface area contributed by atoms with Crippen molar-refractivity contribution in [1.29, 1.82) is 0 Å². The van der Waals surface area contributed by atoms with Crippen LogP contribution in [0.2, 0.25) is 0 Å². The highest BCUT2D eigenvalue weighted by Gasteiger charge is 2.63. The Kier molecular flexibility index (Phi) is 9.86. The van der Waals surface area contributed by atoms with Crippen molar-refractivity contribution in [2.24, 2.45) is 0 Å². The van der Waals surface area contributed by atoms with E-state index in [0.717, 1.165) is 48.8 Å². The monoisotopic (exact) mass is 586 g/mol. The first-order valence-corrected chi connectivity index (χ1v) is 15.7. The molecule has 3 aromatic carbocycles. The lowest BCUT2D eigenvalue weighted by atomic mass is 9.84. The quantitative estimate of drug-likeness (QED) is 0.237. The van der Waals surface area contributed by atoms with Crippen molar-refractivity contribution in [3.8, 4) is 0 Å². The molecule has 1 heterocycles. The maximum atomic E-state index is 12.9. The van der Waals surface area contributed by atoms with Gasteiger partial charge in [0.1, 0.15) is 30.5 Å². The molecule has 2 aliphatic carbocycles. The molecule has 1 saturated heterocycles. The Morgan fingerprint density at radius 1 is 0.628 bits per heavy atom. The van der Waals surface area contributed by atoms with Crippen LogP contribution in [0.5, 0.6) is 0 Å². The fraction of sp³-hybridized carbons (Fsp3) is 0.472. The molecular weight excluding hydrogens is 544 g/mol. The number of carbonyl (C=O) groups excluding carboxylic acids is 1. The van der Waals surface area contributed by atoms with Crippen molar-refractivity contribution in [3.63, 3.8) is 0 Å². The van der Waals surface area contributed by atoms with Gasteiger partial charge in [-0.15, -0.1) is 0 Å². The van der Waals surface area contributed by atoms with Crippen LogP contribution in [-0.4, -0.2) is 48.4 Å². The van der Waals surface area contributed by atoms with Crippen molar-refractivity contribution in [2.45, 2.75) is 108 Å². The largest absolute Gasteiger partial charge is 0.457 e. The number of rotatable bonds is 11. The van der Waals surface area contributed by atoms with Crippen LogP contribution in [0.15, 0.2) is 91.0 Å². The summed E-state index contributed by atoms with van der Waals surface area (Å²) in [6.45, 7) is 2.82. The summed E-state index contributed by atoms with van der Waals surface area (Å²) < 4.78 is 40.0. The molecule has 7 nitrogen and oxygen atoms in total. The zero-order valence-corrected chi connectivity index (χ0v) is 24.8. The summed E-state index contributed by atoms with van der Waals surface area (Å²) in [5.41, 5.74) is 3.08. The van der Waals surface area contributed by atoms with Gasteiger partial charge in [0.25, 0.3) is 0 Å². The summed E-state index contributed by atoms with van der Waals surface area (Å²) in [7, 11) is 0. The van der Waals surface area contributed by atoms with Crippen LogP contribution < -0.4 is 0 Å². The molecule has 6 rings (SSSR count). The molecule has 3 aromatic rings. The van der Waals surface area contributed by atoms with Crippen LogP contribution in [0.1, 0.15) is 62.1 Å². The van der Waals surface area contributed by atoms with Gasteiger partial charge in [0.2, 0.25) is 0 Å². The van der Waals surface area contributed by atoms with E-state index in [2.05, 4.69) is 0 Å². The highest BCUT2D eigenvalue weighted by molar-refractivity contribution is 5.69. The molecule has 3 fully saturated rings. The van der Waals surface area contributed by atoms with Crippen molar-refractivity contribution >= 4 is 5.97 Å². The van der Waals surface area contributed by atoms with Gasteiger partial charge in [-0.3, -0.25) is 4.79 Å². The molecule has 0 aromatic heterocycles. The molecule has 0 unspecified atom stereocenters.